The number of nitrogens with zero attached hydrogens (tertiary/aromatic N) is 2. The van der Waals surface area contributed by atoms with Crippen LogP contribution >= 0.6 is 23.2 Å². The van der Waals surface area contributed by atoms with Crippen LogP contribution in [0.25, 0.3) is 0 Å². The van der Waals surface area contributed by atoms with E-state index in [9.17, 15) is 0 Å². The lowest BCUT2D eigenvalue weighted by molar-refractivity contribution is 0.386. The molecule has 0 amide bonds. The molecule has 0 spiro atoms. The Bertz CT molecular complexity index is 366. The molecule has 1 aromatic heterocycles. The topological polar surface area (TPSA) is 42.1 Å². The second-order valence-corrected chi connectivity index (χ2v) is 4.87. The Balaban J connectivity index is 2.23. The molecule has 2 N–H and O–H groups in total. The Hall–Kier alpha value is -0.510. The van der Waals surface area contributed by atoms with Crippen molar-refractivity contribution in [1.29, 1.82) is 0 Å². The number of hydrogen-bond acceptors (Lipinski definition) is 3. The van der Waals surface area contributed by atoms with Crippen LogP contribution in [0.1, 0.15) is 19.3 Å². The summed E-state index contributed by atoms with van der Waals surface area (Å²) in [5.41, 5.74) is 5.62. The summed E-state index contributed by atoms with van der Waals surface area (Å²) in [6, 6.07) is 2.27. The van der Waals surface area contributed by atoms with Crippen molar-refractivity contribution < 1.29 is 0 Å². The third kappa shape index (κ3) is 2.42. The fourth-order valence-corrected chi connectivity index (χ4v) is 2.41. The highest BCUT2D eigenvalue weighted by atomic mass is 35.5. The lowest BCUT2D eigenvalue weighted by atomic mass is 9.91. The Kier molecular flexibility index (Phi) is 3.90. The van der Waals surface area contributed by atoms with Gasteiger partial charge in [0.2, 0.25) is 0 Å². The van der Waals surface area contributed by atoms with Crippen molar-refractivity contribution in [2.45, 2.75) is 25.3 Å². The van der Waals surface area contributed by atoms with E-state index < -0.39 is 0 Å². The van der Waals surface area contributed by atoms with Gasteiger partial charge >= 0.3 is 0 Å². The molecule has 1 heterocycles. The zero-order chi connectivity index (χ0) is 11.5. The highest BCUT2D eigenvalue weighted by Gasteiger charge is 2.26. The van der Waals surface area contributed by atoms with Crippen LogP contribution in [-0.4, -0.2) is 24.1 Å². The molecule has 0 saturated heterocycles. The maximum Gasteiger partial charge on any atom is 0.147 e. The SMILES string of the molecule is NCCN(c1ncc(Cl)cc1Cl)C1CCC1. The Morgan fingerprint density at radius 1 is 1.44 bits per heavy atom. The van der Waals surface area contributed by atoms with Gasteiger partial charge in [0.1, 0.15) is 5.82 Å². The molecule has 0 atom stereocenters. The highest BCUT2D eigenvalue weighted by Crippen LogP contribution is 2.33. The highest BCUT2D eigenvalue weighted by molar-refractivity contribution is 6.36. The first-order chi connectivity index (χ1) is 7.72. The van der Waals surface area contributed by atoms with Crippen molar-refractivity contribution in [3.8, 4) is 0 Å². The summed E-state index contributed by atoms with van der Waals surface area (Å²) in [6.07, 6.45) is 5.29. The first-order valence-corrected chi connectivity index (χ1v) is 6.25. The molecule has 0 aliphatic heterocycles. The zero-order valence-corrected chi connectivity index (χ0v) is 10.5. The number of nitrogens with two attached hydrogens (primary N) is 1. The molecule has 1 aromatic rings. The van der Waals surface area contributed by atoms with Crippen LogP contribution in [0.4, 0.5) is 5.82 Å². The van der Waals surface area contributed by atoms with E-state index in [0.717, 1.165) is 12.4 Å². The standard InChI is InChI=1S/C11H15Cl2N3/c12-8-6-10(13)11(15-7-8)16(5-4-14)9-2-1-3-9/h6-7,9H,1-5,14H2. The van der Waals surface area contributed by atoms with Gasteiger partial charge in [0.15, 0.2) is 0 Å². The number of hydrogen-bond donors (Lipinski definition) is 1. The van der Waals surface area contributed by atoms with E-state index in [1.165, 1.54) is 19.3 Å². The Labute approximate surface area is 106 Å². The first-order valence-electron chi connectivity index (χ1n) is 5.50. The fourth-order valence-electron chi connectivity index (χ4n) is 1.92. The van der Waals surface area contributed by atoms with Crippen molar-refractivity contribution in [1.82, 2.24) is 4.98 Å². The van der Waals surface area contributed by atoms with Crippen LogP contribution in [0, 0.1) is 0 Å². The van der Waals surface area contributed by atoms with Gasteiger partial charge in [-0.2, -0.15) is 0 Å². The van der Waals surface area contributed by atoms with Gasteiger partial charge in [0.05, 0.1) is 10.0 Å². The summed E-state index contributed by atoms with van der Waals surface area (Å²) >= 11 is 12.0. The molecule has 1 saturated carbocycles. The van der Waals surface area contributed by atoms with E-state index in [-0.39, 0.29) is 0 Å². The second-order valence-electron chi connectivity index (χ2n) is 4.03. The molecule has 0 radical (unpaired) electrons. The second kappa shape index (κ2) is 5.21. The van der Waals surface area contributed by atoms with Crippen molar-refractivity contribution in [3.05, 3.63) is 22.3 Å². The lowest BCUT2D eigenvalue weighted by Gasteiger charge is -2.38. The van der Waals surface area contributed by atoms with Crippen molar-refractivity contribution in [2.24, 2.45) is 5.73 Å². The maximum atomic E-state index is 6.16. The Morgan fingerprint density at radius 2 is 2.19 bits per heavy atom. The molecule has 1 aliphatic carbocycles. The third-order valence-corrected chi connectivity index (χ3v) is 3.43. The fraction of sp³-hybridized carbons (Fsp3) is 0.545. The summed E-state index contributed by atoms with van der Waals surface area (Å²) in [7, 11) is 0. The number of aromatic nitrogens is 1. The van der Waals surface area contributed by atoms with Crippen LogP contribution in [0.15, 0.2) is 12.3 Å². The molecular formula is C11H15Cl2N3. The van der Waals surface area contributed by atoms with E-state index in [1.54, 1.807) is 12.3 Å². The summed E-state index contributed by atoms with van der Waals surface area (Å²) in [5.74, 6) is 0.807. The van der Waals surface area contributed by atoms with E-state index in [2.05, 4.69) is 9.88 Å². The van der Waals surface area contributed by atoms with Crippen LogP contribution in [-0.2, 0) is 0 Å². The van der Waals surface area contributed by atoms with Gasteiger partial charge in [-0.1, -0.05) is 23.2 Å². The number of halogens is 2. The molecule has 3 nitrogen and oxygen atoms in total. The van der Waals surface area contributed by atoms with Crippen LogP contribution < -0.4 is 10.6 Å². The smallest absolute Gasteiger partial charge is 0.147 e. The average molecular weight is 260 g/mol. The molecule has 88 valence electrons. The molecule has 1 aliphatic rings. The molecule has 5 heteroatoms. The third-order valence-electron chi connectivity index (χ3n) is 2.95. The van der Waals surface area contributed by atoms with Crippen LogP contribution in [0.5, 0.6) is 0 Å². The number of anilines is 1. The van der Waals surface area contributed by atoms with E-state index in [1.807, 2.05) is 0 Å². The van der Waals surface area contributed by atoms with Crippen molar-refractivity contribution in [2.75, 3.05) is 18.0 Å². The van der Waals surface area contributed by atoms with E-state index >= 15 is 0 Å². The summed E-state index contributed by atoms with van der Waals surface area (Å²) in [6.45, 7) is 1.40. The summed E-state index contributed by atoms with van der Waals surface area (Å²) in [4.78, 5) is 6.50. The molecule has 0 bridgehead atoms. The van der Waals surface area contributed by atoms with Gasteiger partial charge < -0.3 is 10.6 Å². The monoisotopic (exact) mass is 259 g/mol. The minimum absolute atomic E-state index is 0.537. The predicted molar refractivity (Wildman–Crippen MR) is 68.3 cm³/mol. The van der Waals surface area contributed by atoms with Crippen LogP contribution in [0.2, 0.25) is 10.0 Å². The molecule has 0 aromatic carbocycles. The predicted octanol–water partition coefficient (Wildman–Crippen LogP) is 2.71. The summed E-state index contributed by atoms with van der Waals surface area (Å²) in [5, 5.41) is 1.17. The van der Waals surface area contributed by atoms with Crippen molar-refractivity contribution in [3.63, 3.8) is 0 Å². The largest absolute Gasteiger partial charge is 0.351 e. The van der Waals surface area contributed by atoms with Gasteiger partial charge in [0.25, 0.3) is 0 Å². The minimum Gasteiger partial charge on any atom is -0.351 e. The molecule has 16 heavy (non-hydrogen) atoms. The zero-order valence-electron chi connectivity index (χ0n) is 9.00. The first kappa shape index (κ1) is 12.0. The van der Waals surface area contributed by atoms with Gasteiger partial charge in [-0.15, -0.1) is 0 Å². The molecule has 2 rings (SSSR count). The summed E-state index contributed by atoms with van der Waals surface area (Å²) < 4.78 is 0. The maximum absolute atomic E-state index is 6.16. The molecular weight excluding hydrogens is 245 g/mol. The Morgan fingerprint density at radius 3 is 2.69 bits per heavy atom. The van der Waals surface area contributed by atoms with Crippen LogP contribution in [0.3, 0.4) is 0 Å². The van der Waals surface area contributed by atoms with Gasteiger partial charge in [-0.3, -0.25) is 0 Å². The minimum atomic E-state index is 0.537. The van der Waals surface area contributed by atoms with Gasteiger partial charge in [0, 0.05) is 25.3 Å². The lowest BCUT2D eigenvalue weighted by Crippen LogP contribution is -2.43. The average Bonchev–Trinajstić information content (AvgIpc) is 2.14. The van der Waals surface area contributed by atoms with Gasteiger partial charge in [-0.05, 0) is 25.3 Å². The van der Waals surface area contributed by atoms with Crippen molar-refractivity contribution >= 4 is 29.0 Å². The normalized spacial score (nSPS) is 15.9. The number of pyridine rings is 1. The van der Waals surface area contributed by atoms with Gasteiger partial charge in [-0.25, -0.2) is 4.98 Å². The molecule has 1 fully saturated rings. The quantitative estimate of drug-likeness (QED) is 0.905. The van der Waals surface area contributed by atoms with E-state index in [0.29, 0.717) is 22.6 Å². The number of rotatable bonds is 4. The molecule has 0 unspecified atom stereocenters. The van der Waals surface area contributed by atoms with E-state index in [4.69, 9.17) is 28.9 Å².